The number of aliphatic hydroxyl groups is 3. The lowest BCUT2D eigenvalue weighted by atomic mass is 9.58. The number of Topliss-reactive ketones (excluding diaryl/α,β-unsaturated/α-hetero) is 5. The number of carbonyl (C=O) groups excluding carboxylic acids is 5. The summed E-state index contributed by atoms with van der Waals surface area (Å²) >= 11 is 0. The maximum atomic E-state index is 13.6. The zero-order chi connectivity index (χ0) is 25.3. The topological polar surface area (TPSA) is 166 Å². The summed E-state index contributed by atoms with van der Waals surface area (Å²) in [6.45, 7) is 3.92. The highest BCUT2D eigenvalue weighted by Crippen LogP contribution is 2.52. The maximum Gasteiger partial charge on any atom is 0.202 e. The fourth-order valence-corrected chi connectivity index (χ4v) is 5.48. The first-order valence-corrected chi connectivity index (χ1v) is 11.0. The molecule has 4 rings (SSSR count). The number of allylic oxidation sites excluding steroid dienone is 1. The number of hydrogen-bond donors (Lipinski definition) is 4. The quantitative estimate of drug-likeness (QED) is 0.383. The third-order valence-electron chi connectivity index (χ3n) is 7.18. The van der Waals surface area contributed by atoms with Crippen molar-refractivity contribution in [3.63, 3.8) is 0 Å². The lowest BCUT2D eigenvalue weighted by Gasteiger charge is -2.46. The van der Waals surface area contributed by atoms with Crippen LogP contribution in [0.4, 0.5) is 0 Å². The molecule has 3 aliphatic carbocycles. The van der Waals surface area contributed by atoms with Crippen LogP contribution in [0.3, 0.4) is 0 Å². The largest absolute Gasteiger partial charge is 0.508 e. The monoisotopic (exact) mass is 468 g/mol. The summed E-state index contributed by atoms with van der Waals surface area (Å²) in [5, 5.41) is 44.0. The first-order valence-electron chi connectivity index (χ1n) is 11.0. The van der Waals surface area contributed by atoms with E-state index in [9.17, 15) is 44.4 Å². The Hall–Kier alpha value is -3.59. The maximum absolute atomic E-state index is 13.6. The molecular formula is C25H24O9. The molecule has 0 spiro atoms. The second-order valence-corrected chi connectivity index (χ2v) is 9.11. The Bertz CT molecular complexity index is 1280. The van der Waals surface area contributed by atoms with Crippen LogP contribution in [0.25, 0.3) is 5.76 Å². The molecule has 0 radical (unpaired) electrons. The van der Waals surface area contributed by atoms with E-state index in [0.29, 0.717) is 0 Å². The van der Waals surface area contributed by atoms with Crippen LogP contribution in [0.15, 0.2) is 23.0 Å². The van der Waals surface area contributed by atoms with Gasteiger partial charge in [-0.15, -0.1) is 0 Å². The fourth-order valence-electron chi connectivity index (χ4n) is 5.48. The van der Waals surface area contributed by atoms with Crippen molar-refractivity contribution in [2.75, 3.05) is 0 Å². The molecule has 0 bridgehead atoms. The number of benzene rings is 1. The Kier molecular flexibility index (Phi) is 5.36. The SMILES string of the molecule is CCC(=O)C1=C(O)C2(O)C(=O)C3=C(O)c4c(O)c(C(C)=O)cc(C(C)=O)c4CC3CC2CC1=O. The number of rotatable bonds is 4. The molecule has 4 N–H and O–H groups in total. The molecule has 3 atom stereocenters. The van der Waals surface area contributed by atoms with Crippen LogP contribution in [0.1, 0.15) is 71.9 Å². The van der Waals surface area contributed by atoms with Gasteiger partial charge in [0.2, 0.25) is 5.78 Å². The van der Waals surface area contributed by atoms with E-state index in [4.69, 9.17) is 0 Å². The molecular weight excluding hydrogens is 444 g/mol. The van der Waals surface area contributed by atoms with Gasteiger partial charge in [-0.2, -0.15) is 0 Å². The zero-order valence-corrected chi connectivity index (χ0v) is 18.9. The molecule has 1 fully saturated rings. The second kappa shape index (κ2) is 7.73. The number of fused-ring (bicyclic) bond motifs is 3. The second-order valence-electron chi connectivity index (χ2n) is 9.11. The van der Waals surface area contributed by atoms with Gasteiger partial charge in [0.1, 0.15) is 22.8 Å². The minimum atomic E-state index is -2.59. The molecule has 1 saturated carbocycles. The van der Waals surface area contributed by atoms with E-state index < -0.39 is 69.2 Å². The number of phenols is 1. The number of ketones is 5. The van der Waals surface area contributed by atoms with Gasteiger partial charge in [-0.3, -0.25) is 24.0 Å². The summed E-state index contributed by atoms with van der Waals surface area (Å²) in [5.74, 6) is -7.56. The average Bonchev–Trinajstić information content (AvgIpc) is 2.75. The number of carbonyl (C=O) groups is 5. The Morgan fingerprint density at radius 1 is 1.03 bits per heavy atom. The van der Waals surface area contributed by atoms with Crippen molar-refractivity contribution in [1.82, 2.24) is 0 Å². The Morgan fingerprint density at radius 3 is 2.21 bits per heavy atom. The molecule has 0 amide bonds. The van der Waals surface area contributed by atoms with Crippen molar-refractivity contribution in [2.24, 2.45) is 11.8 Å². The van der Waals surface area contributed by atoms with E-state index in [-0.39, 0.29) is 53.5 Å². The average molecular weight is 468 g/mol. The van der Waals surface area contributed by atoms with E-state index in [2.05, 4.69) is 0 Å². The molecule has 3 aliphatic rings. The lowest BCUT2D eigenvalue weighted by molar-refractivity contribution is -0.147. The van der Waals surface area contributed by atoms with Gasteiger partial charge in [0, 0.05) is 29.9 Å². The van der Waals surface area contributed by atoms with Crippen molar-refractivity contribution < 1.29 is 44.4 Å². The van der Waals surface area contributed by atoms with Crippen molar-refractivity contribution in [1.29, 1.82) is 0 Å². The Morgan fingerprint density at radius 2 is 1.65 bits per heavy atom. The number of hydrogen-bond acceptors (Lipinski definition) is 9. The molecule has 0 heterocycles. The first kappa shape index (κ1) is 23.6. The van der Waals surface area contributed by atoms with Gasteiger partial charge in [0.25, 0.3) is 0 Å². The van der Waals surface area contributed by atoms with Crippen LogP contribution in [0.5, 0.6) is 5.75 Å². The van der Waals surface area contributed by atoms with Gasteiger partial charge in [0.05, 0.1) is 11.1 Å². The number of aromatic hydroxyl groups is 1. The van der Waals surface area contributed by atoms with Crippen molar-refractivity contribution >= 4 is 34.7 Å². The summed E-state index contributed by atoms with van der Waals surface area (Å²) in [7, 11) is 0. The molecule has 9 heteroatoms. The minimum absolute atomic E-state index is 0.00294. The van der Waals surface area contributed by atoms with Crippen molar-refractivity contribution in [3.05, 3.63) is 45.2 Å². The van der Waals surface area contributed by atoms with Gasteiger partial charge in [-0.25, -0.2) is 0 Å². The normalized spacial score (nSPS) is 26.1. The van der Waals surface area contributed by atoms with E-state index >= 15 is 0 Å². The van der Waals surface area contributed by atoms with Gasteiger partial charge in [0.15, 0.2) is 28.7 Å². The van der Waals surface area contributed by atoms with E-state index in [1.165, 1.54) is 26.8 Å². The molecule has 9 nitrogen and oxygen atoms in total. The highest BCUT2D eigenvalue weighted by Gasteiger charge is 2.60. The summed E-state index contributed by atoms with van der Waals surface area (Å²) in [6, 6.07) is 1.25. The molecule has 0 aliphatic heterocycles. The van der Waals surface area contributed by atoms with Gasteiger partial charge in [-0.05, 0) is 44.2 Å². The van der Waals surface area contributed by atoms with Crippen LogP contribution in [0.2, 0.25) is 0 Å². The van der Waals surface area contributed by atoms with E-state index in [0.717, 1.165) is 0 Å². The van der Waals surface area contributed by atoms with Crippen LogP contribution >= 0.6 is 0 Å². The van der Waals surface area contributed by atoms with Gasteiger partial charge in [-0.1, -0.05) is 6.92 Å². The van der Waals surface area contributed by atoms with Gasteiger partial charge < -0.3 is 20.4 Å². The van der Waals surface area contributed by atoms with E-state index in [1.807, 2.05) is 0 Å². The van der Waals surface area contributed by atoms with Gasteiger partial charge >= 0.3 is 0 Å². The van der Waals surface area contributed by atoms with Crippen LogP contribution < -0.4 is 0 Å². The third-order valence-corrected chi connectivity index (χ3v) is 7.18. The molecule has 1 aromatic rings. The van der Waals surface area contributed by atoms with Crippen LogP contribution in [-0.4, -0.2) is 54.9 Å². The summed E-state index contributed by atoms with van der Waals surface area (Å²) in [6.07, 6.45) is -0.456. The highest BCUT2D eigenvalue weighted by atomic mass is 16.3. The fraction of sp³-hybridized carbons (Fsp3) is 0.400. The molecule has 1 aromatic carbocycles. The molecule has 0 aromatic heterocycles. The zero-order valence-electron chi connectivity index (χ0n) is 18.9. The predicted octanol–water partition coefficient (Wildman–Crippen LogP) is 2.32. The first-order chi connectivity index (χ1) is 15.9. The lowest BCUT2D eigenvalue weighted by Crippen LogP contribution is -2.58. The Balaban J connectivity index is 1.99. The third kappa shape index (κ3) is 3.00. The summed E-state index contributed by atoms with van der Waals surface area (Å²) in [4.78, 5) is 62.8. The highest BCUT2D eigenvalue weighted by molar-refractivity contribution is 6.23. The molecule has 178 valence electrons. The van der Waals surface area contributed by atoms with E-state index in [1.54, 1.807) is 0 Å². The summed E-state index contributed by atoms with van der Waals surface area (Å²) < 4.78 is 0. The van der Waals surface area contributed by atoms with Crippen LogP contribution in [-0.2, 0) is 20.8 Å². The van der Waals surface area contributed by atoms with Crippen molar-refractivity contribution in [3.8, 4) is 5.75 Å². The Labute approximate surface area is 194 Å². The predicted molar refractivity (Wildman–Crippen MR) is 117 cm³/mol. The molecule has 34 heavy (non-hydrogen) atoms. The molecule has 0 saturated heterocycles. The standard InChI is InChI=1S/C25H24O9/c1-4-16(28)20-17(29)7-12-5-11-6-15-13(9(2)26)8-14(10(3)27)21(30)19(15)22(31)18(11)23(32)25(12,34)24(20)33/h8,11-12,30-31,33-34H,4-7H2,1-3H3. The van der Waals surface area contributed by atoms with Crippen molar-refractivity contribution in [2.45, 2.75) is 52.1 Å². The number of phenolic OH excluding ortho intramolecular Hbond substituents is 1. The van der Waals surface area contributed by atoms with Crippen LogP contribution in [0, 0.1) is 11.8 Å². The summed E-state index contributed by atoms with van der Waals surface area (Å²) in [5.41, 5.74) is -3.61. The molecule has 3 unspecified atom stereocenters. The minimum Gasteiger partial charge on any atom is -0.508 e. The smallest absolute Gasteiger partial charge is 0.202 e. The number of aliphatic hydroxyl groups excluding tert-OH is 2.